The number of hydrogen-bond donors (Lipinski definition) is 0. The molecule has 0 amide bonds. The number of anilines is 1. The summed E-state index contributed by atoms with van der Waals surface area (Å²) >= 11 is 0. The molecule has 118 valence electrons. The van der Waals surface area contributed by atoms with Crippen molar-refractivity contribution in [2.75, 3.05) is 31.2 Å². The average molecular weight is 304 g/mol. The Kier molecular flexibility index (Phi) is 3.53. The van der Waals surface area contributed by atoms with Gasteiger partial charge in [-0.3, -0.25) is 0 Å². The molecule has 2 aromatic heterocycles. The minimum absolute atomic E-state index is 0.447. The summed E-state index contributed by atoms with van der Waals surface area (Å²) in [7, 11) is 0. The van der Waals surface area contributed by atoms with Gasteiger partial charge in [-0.25, -0.2) is 9.67 Å². The average Bonchev–Trinajstić information content (AvgIpc) is 3.11. The van der Waals surface area contributed by atoms with Gasteiger partial charge in [0.25, 0.3) is 0 Å². The van der Waals surface area contributed by atoms with Crippen LogP contribution in [-0.2, 0) is 17.7 Å². The molecule has 2 aliphatic rings. The molecule has 1 fully saturated rings. The highest BCUT2D eigenvalue weighted by atomic mass is 16.5. The molecule has 8 nitrogen and oxygen atoms in total. The minimum atomic E-state index is 0.447. The zero-order chi connectivity index (χ0) is 14.9. The summed E-state index contributed by atoms with van der Waals surface area (Å²) in [5.74, 6) is 3.08. The van der Waals surface area contributed by atoms with Crippen molar-refractivity contribution in [2.24, 2.45) is 0 Å². The smallest absolute Gasteiger partial charge is 0.318 e. The van der Waals surface area contributed by atoms with Crippen molar-refractivity contribution in [3.8, 4) is 0 Å². The Balaban J connectivity index is 1.48. The first kappa shape index (κ1) is 13.7. The van der Waals surface area contributed by atoms with Crippen LogP contribution in [0.15, 0.2) is 4.42 Å². The van der Waals surface area contributed by atoms with Crippen LogP contribution in [0.1, 0.15) is 36.3 Å². The molecule has 2 aliphatic heterocycles. The molecule has 4 heterocycles. The van der Waals surface area contributed by atoms with Gasteiger partial charge in [-0.1, -0.05) is 5.10 Å². The first-order valence-electron chi connectivity index (χ1n) is 7.86. The second-order valence-corrected chi connectivity index (χ2v) is 5.84. The van der Waals surface area contributed by atoms with Crippen molar-refractivity contribution < 1.29 is 9.15 Å². The van der Waals surface area contributed by atoms with Crippen LogP contribution < -0.4 is 4.90 Å². The molecule has 0 aliphatic carbocycles. The molecule has 0 saturated carbocycles. The number of rotatable bonds is 2. The molecule has 0 aromatic carbocycles. The summed E-state index contributed by atoms with van der Waals surface area (Å²) in [5.41, 5.74) is 0. The second-order valence-electron chi connectivity index (χ2n) is 5.84. The third-order valence-corrected chi connectivity index (χ3v) is 4.32. The van der Waals surface area contributed by atoms with Gasteiger partial charge in [-0.05, 0) is 12.8 Å². The molecular weight excluding hydrogens is 284 g/mol. The monoisotopic (exact) mass is 304 g/mol. The third-order valence-electron chi connectivity index (χ3n) is 4.32. The molecule has 0 spiro atoms. The van der Waals surface area contributed by atoms with Gasteiger partial charge in [0.05, 0.1) is 6.54 Å². The maximum atomic E-state index is 5.51. The predicted molar refractivity (Wildman–Crippen MR) is 77.8 cm³/mol. The van der Waals surface area contributed by atoms with Crippen molar-refractivity contribution in [1.29, 1.82) is 0 Å². The van der Waals surface area contributed by atoms with Crippen LogP contribution in [0.25, 0.3) is 0 Å². The summed E-state index contributed by atoms with van der Waals surface area (Å²) in [6.07, 6.45) is 2.89. The van der Waals surface area contributed by atoms with Crippen molar-refractivity contribution in [1.82, 2.24) is 25.0 Å². The van der Waals surface area contributed by atoms with Crippen LogP contribution in [0.5, 0.6) is 0 Å². The lowest BCUT2D eigenvalue weighted by molar-refractivity contribution is 0.0835. The van der Waals surface area contributed by atoms with Gasteiger partial charge >= 0.3 is 6.01 Å². The van der Waals surface area contributed by atoms with Crippen molar-refractivity contribution in [2.45, 2.75) is 38.6 Å². The minimum Gasteiger partial charge on any atom is -0.408 e. The highest BCUT2D eigenvalue weighted by Gasteiger charge is 2.24. The topological polar surface area (TPSA) is 82.1 Å². The Morgan fingerprint density at radius 3 is 2.73 bits per heavy atom. The lowest BCUT2D eigenvalue weighted by atomic mass is 10.00. The van der Waals surface area contributed by atoms with Gasteiger partial charge in [0.2, 0.25) is 5.89 Å². The van der Waals surface area contributed by atoms with Crippen LogP contribution in [-0.4, -0.2) is 51.3 Å². The van der Waals surface area contributed by atoms with E-state index in [4.69, 9.17) is 19.2 Å². The van der Waals surface area contributed by atoms with Crippen LogP contribution in [0.3, 0.4) is 0 Å². The predicted octanol–water partition coefficient (Wildman–Crippen LogP) is 0.926. The molecule has 22 heavy (non-hydrogen) atoms. The standard InChI is InChI=1S/C14H20N6O2/c1-10-16-17-14(22-10)19-5-2-12-15-13(18-20(12)7-6-19)11-3-8-21-9-4-11/h11H,2-9H2,1H3. The molecule has 2 aromatic rings. The Morgan fingerprint density at radius 1 is 1.09 bits per heavy atom. The third kappa shape index (κ3) is 2.58. The SMILES string of the molecule is Cc1nnc(N2CCc3nc(C4CCOCC4)nn3CC2)o1. The summed E-state index contributed by atoms with van der Waals surface area (Å²) in [6, 6.07) is 0.591. The summed E-state index contributed by atoms with van der Waals surface area (Å²) in [5, 5.41) is 12.7. The number of aryl methyl sites for hydroxylation is 1. The number of nitrogens with zero attached hydrogens (tertiary/aromatic N) is 6. The first-order chi connectivity index (χ1) is 10.8. The lowest BCUT2D eigenvalue weighted by Gasteiger charge is -2.19. The molecule has 0 bridgehead atoms. The van der Waals surface area contributed by atoms with Crippen LogP contribution >= 0.6 is 0 Å². The van der Waals surface area contributed by atoms with Crippen LogP contribution in [0, 0.1) is 6.92 Å². The number of fused-ring (bicyclic) bond motifs is 1. The zero-order valence-corrected chi connectivity index (χ0v) is 12.7. The van der Waals surface area contributed by atoms with Crippen molar-refractivity contribution in [3.05, 3.63) is 17.5 Å². The number of aromatic nitrogens is 5. The largest absolute Gasteiger partial charge is 0.408 e. The van der Waals surface area contributed by atoms with Gasteiger partial charge in [-0.2, -0.15) is 5.10 Å². The highest BCUT2D eigenvalue weighted by Crippen LogP contribution is 2.25. The van der Waals surface area contributed by atoms with E-state index in [1.165, 1.54) is 0 Å². The van der Waals surface area contributed by atoms with E-state index in [0.29, 0.717) is 17.8 Å². The molecule has 8 heteroatoms. The maximum absolute atomic E-state index is 5.51. The highest BCUT2D eigenvalue weighted by molar-refractivity contribution is 5.25. The van der Waals surface area contributed by atoms with E-state index in [2.05, 4.69) is 15.1 Å². The van der Waals surface area contributed by atoms with Crippen LogP contribution in [0.4, 0.5) is 6.01 Å². The Hall–Kier alpha value is -1.96. The Bertz CT molecular complexity index is 620. The van der Waals surface area contributed by atoms with Crippen LogP contribution in [0.2, 0.25) is 0 Å². The fourth-order valence-corrected chi connectivity index (χ4v) is 3.05. The van der Waals surface area contributed by atoms with Gasteiger partial charge < -0.3 is 14.1 Å². The zero-order valence-electron chi connectivity index (χ0n) is 12.7. The van der Waals surface area contributed by atoms with E-state index in [9.17, 15) is 0 Å². The van der Waals surface area contributed by atoms with Crippen molar-refractivity contribution >= 4 is 6.01 Å². The summed E-state index contributed by atoms with van der Waals surface area (Å²) in [4.78, 5) is 6.87. The van der Waals surface area contributed by atoms with Gasteiger partial charge in [0, 0.05) is 45.6 Å². The molecule has 1 saturated heterocycles. The van der Waals surface area contributed by atoms with E-state index >= 15 is 0 Å². The van der Waals surface area contributed by atoms with Crippen molar-refractivity contribution in [3.63, 3.8) is 0 Å². The molecule has 0 atom stereocenters. The molecule has 4 rings (SSSR count). The number of ether oxygens (including phenoxy) is 1. The fourth-order valence-electron chi connectivity index (χ4n) is 3.05. The molecule has 0 unspecified atom stereocenters. The van der Waals surface area contributed by atoms with E-state index in [1.54, 1.807) is 6.92 Å². The summed E-state index contributed by atoms with van der Waals surface area (Å²) in [6.45, 7) is 5.88. The summed E-state index contributed by atoms with van der Waals surface area (Å²) < 4.78 is 13.0. The van der Waals surface area contributed by atoms with E-state index in [-0.39, 0.29) is 0 Å². The molecular formula is C14H20N6O2. The first-order valence-corrected chi connectivity index (χ1v) is 7.86. The lowest BCUT2D eigenvalue weighted by Crippen LogP contribution is -2.27. The Labute approximate surface area is 128 Å². The van der Waals surface area contributed by atoms with Gasteiger partial charge in [0.15, 0.2) is 5.82 Å². The quantitative estimate of drug-likeness (QED) is 0.816. The van der Waals surface area contributed by atoms with Gasteiger partial charge in [0.1, 0.15) is 5.82 Å². The van der Waals surface area contributed by atoms with E-state index < -0.39 is 0 Å². The van der Waals surface area contributed by atoms with E-state index in [1.807, 2.05) is 4.68 Å². The number of hydrogen-bond acceptors (Lipinski definition) is 7. The Morgan fingerprint density at radius 2 is 1.95 bits per heavy atom. The second kappa shape index (κ2) is 5.68. The maximum Gasteiger partial charge on any atom is 0.318 e. The normalized spacial score (nSPS) is 20.0. The van der Waals surface area contributed by atoms with Gasteiger partial charge in [-0.15, -0.1) is 5.10 Å². The molecule has 0 N–H and O–H groups in total. The fraction of sp³-hybridized carbons (Fsp3) is 0.714. The van der Waals surface area contributed by atoms with E-state index in [0.717, 1.165) is 63.8 Å². The molecule has 0 radical (unpaired) electrons.